The maximum Gasteiger partial charge on any atom is 0.250 e. The molecule has 1 aromatic heterocycles. The number of aromatic amines is 1. The predicted molar refractivity (Wildman–Crippen MR) is 112 cm³/mol. The van der Waals surface area contributed by atoms with E-state index < -0.39 is 0 Å². The van der Waals surface area contributed by atoms with Gasteiger partial charge in [-0.3, -0.25) is 4.79 Å². The Labute approximate surface area is 163 Å². The minimum Gasteiger partial charge on any atom is -0.366 e. The fourth-order valence-corrected chi connectivity index (χ4v) is 4.79. The summed E-state index contributed by atoms with van der Waals surface area (Å²) in [6.45, 7) is 4.21. The van der Waals surface area contributed by atoms with Crippen LogP contribution in [0.25, 0.3) is 10.9 Å². The second-order valence-corrected chi connectivity index (χ2v) is 8.44. The molecule has 2 aromatic carbocycles. The van der Waals surface area contributed by atoms with Crippen molar-refractivity contribution < 1.29 is 4.79 Å². The molecule has 0 spiro atoms. The maximum atomic E-state index is 12.1. The number of amides is 1. The van der Waals surface area contributed by atoms with Crippen molar-refractivity contribution >= 4 is 28.6 Å². The number of nitrogens with two attached hydrogens (primary N) is 1. The summed E-state index contributed by atoms with van der Waals surface area (Å²) < 4.78 is 0. The summed E-state index contributed by atoms with van der Waals surface area (Å²) in [7, 11) is 0. The van der Waals surface area contributed by atoms with Gasteiger partial charge in [0, 0.05) is 21.4 Å². The smallest absolute Gasteiger partial charge is 0.250 e. The first-order chi connectivity index (χ1) is 13.1. The Morgan fingerprint density at radius 3 is 2.70 bits per heavy atom. The summed E-state index contributed by atoms with van der Waals surface area (Å²) in [6, 6.07) is 12.6. The molecule has 1 saturated heterocycles. The van der Waals surface area contributed by atoms with Gasteiger partial charge in [-0.1, -0.05) is 29.5 Å². The number of carbonyl (C=O) groups excluding carboxylic acids is 1. The van der Waals surface area contributed by atoms with E-state index in [1.807, 2.05) is 6.07 Å². The van der Waals surface area contributed by atoms with E-state index >= 15 is 0 Å². The van der Waals surface area contributed by atoms with E-state index in [9.17, 15) is 4.79 Å². The number of aryl methyl sites for hydroxylation is 1. The highest BCUT2D eigenvalue weighted by atomic mass is 32.2. The second kappa shape index (κ2) is 7.79. The number of nitrogens with one attached hydrogen (secondary N) is 2. The van der Waals surface area contributed by atoms with Gasteiger partial charge in [-0.15, -0.1) is 0 Å². The van der Waals surface area contributed by atoms with Crippen molar-refractivity contribution in [1.82, 2.24) is 10.3 Å². The molecule has 0 saturated carbocycles. The Morgan fingerprint density at radius 1 is 1.11 bits per heavy atom. The van der Waals surface area contributed by atoms with Crippen LogP contribution in [0.2, 0.25) is 0 Å². The zero-order valence-corrected chi connectivity index (χ0v) is 16.4. The van der Waals surface area contributed by atoms with Crippen LogP contribution >= 0.6 is 11.8 Å². The number of carbonyl (C=O) groups is 1. The topological polar surface area (TPSA) is 70.9 Å². The van der Waals surface area contributed by atoms with Crippen molar-refractivity contribution in [3.8, 4) is 0 Å². The van der Waals surface area contributed by atoms with Crippen molar-refractivity contribution in [2.45, 2.75) is 41.9 Å². The summed E-state index contributed by atoms with van der Waals surface area (Å²) >= 11 is 1.67. The molecule has 4 nitrogen and oxygen atoms in total. The van der Waals surface area contributed by atoms with Gasteiger partial charge in [-0.2, -0.15) is 0 Å². The summed E-state index contributed by atoms with van der Waals surface area (Å²) in [5.74, 6) is 0.122. The number of H-pyrrole nitrogens is 1. The molecule has 4 N–H and O–H groups in total. The molecule has 2 heterocycles. The van der Waals surface area contributed by atoms with Crippen LogP contribution in [0.4, 0.5) is 0 Å². The Kier molecular flexibility index (Phi) is 5.23. The van der Waals surface area contributed by atoms with Crippen molar-refractivity contribution in [3.63, 3.8) is 0 Å². The lowest BCUT2D eigenvalue weighted by Crippen LogP contribution is -2.13. The van der Waals surface area contributed by atoms with Crippen molar-refractivity contribution in [3.05, 3.63) is 59.3 Å². The molecule has 0 aliphatic carbocycles. The average molecular weight is 380 g/mol. The fourth-order valence-electron chi connectivity index (χ4n) is 3.89. The highest BCUT2D eigenvalue weighted by Gasteiger charge is 2.20. The Hall–Kier alpha value is -2.24. The number of hydrogen-bond acceptors (Lipinski definition) is 3. The molecular weight excluding hydrogens is 354 g/mol. The molecule has 0 bridgehead atoms. The molecule has 140 valence electrons. The molecule has 1 fully saturated rings. The van der Waals surface area contributed by atoms with Gasteiger partial charge in [0.05, 0.1) is 11.1 Å². The lowest BCUT2D eigenvalue weighted by atomic mass is 9.91. The van der Waals surface area contributed by atoms with Crippen LogP contribution in [-0.2, 0) is 0 Å². The third-order valence-electron chi connectivity index (χ3n) is 5.33. The maximum absolute atomic E-state index is 12.1. The molecule has 1 aliphatic rings. The summed E-state index contributed by atoms with van der Waals surface area (Å²) in [5, 5.41) is 4.61. The molecule has 0 radical (unpaired) electrons. The monoisotopic (exact) mass is 379 g/mol. The van der Waals surface area contributed by atoms with Gasteiger partial charge in [-0.05, 0) is 75.0 Å². The van der Waals surface area contributed by atoms with Gasteiger partial charge in [0.25, 0.3) is 5.91 Å². The highest BCUT2D eigenvalue weighted by Crippen LogP contribution is 2.37. The van der Waals surface area contributed by atoms with Gasteiger partial charge < -0.3 is 16.0 Å². The summed E-state index contributed by atoms with van der Waals surface area (Å²) in [6.07, 6.45) is 5.54. The highest BCUT2D eigenvalue weighted by molar-refractivity contribution is 7.99. The Balaban J connectivity index is 1.76. The average Bonchev–Trinajstić information content (AvgIpc) is 2.89. The molecule has 5 heteroatoms. The van der Waals surface area contributed by atoms with Crippen LogP contribution < -0.4 is 11.1 Å². The van der Waals surface area contributed by atoms with Gasteiger partial charge in [0.2, 0.25) is 0 Å². The van der Waals surface area contributed by atoms with Gasteiger partial charge in [-0.25, -0.2) is 0 Å². The van der Waals surface area contributed by atoms with Crippen LogP contribution in [0.1, 0.15) is 46.7 Å². The quantitative estimate of drug-likeness (QED) is 0.621. The molecule has 27 heavy (non-hydrogen) atoms. The first kappa shape index (κ1) is 18.1. The van der Waals surface area contributed by atoms with E-state index in [0.717, 1.165) is 40.2 Å². The molecule has 1 amide bonds. The van der Waals surface area contributed by atoms with Gasteiger partial charge in [0.1, 0.15) is 0 Å². The number of primary amides is 1. The van der Waals surface area contributed by atoms with E-state index in [0.29, 0.717) is 11.5 Å². The molecule has 3 aromatic rings. The first-order valence-corrected chi connectivity index (χ1v) is 10.3. The zero-order valence-electron chi connectivity index (χ0n) is 15.5. The summed E-state index contributed by atoms with van der Waals surface area (Å²) in [5.41, 5.74) is 9.68. The van der Waals surface area contributed by atoms with E-state index in [4.69, 9.17) is 5.73 Å². The molecular formula is C22H25N3OS. The lowest BCUT2D eigenvalue weighted by molar-refractivity contribution is 0.100. The van der Waals surface area contributed by atoms with Crippen LogP contribution in [0, 0.1) is 6.92 Å². The standard InChI is InChI=1S/C22H25N3OS/c1-14-4-6-16(7-5-14)27-17-11-18-20(15-3-2-9-24-10-8-15)13-25-21(18)19(12-17)22(23)26/h4-7,11-13,15,24-25H,2-3,8-10H2,1H3,(H2,23,26). The van der Waals surface area contributed by atoms with Crippen LogP contribution in [0.15, 0.2) is 52.4 Å². The van der Waals surface area contributed by atoms with E-state index in [1.165, 1.54) is 24.0 Å². The summed E-state index contributed by atoms with van der Waals surface area (Å²) in [4.78, 5) is 17.6. The molecule has 1 atom stereocenters. The van der Waals surface area contributed by atoms with E-state index in [2.05, 4.69) is 53.8 Å². The van der Waals surface area contributed by atoms with E-state index in [-0.39, 0.29) is 5.91 Å². The van der Waals surface area contributed by atoms with Crippen molar-refractivity contribution in [1.29, 1.82) is 0 Å². The van der Waals surface area contributed by atoms with Crippen molar-refractivity contribution in [2.75, 3.05) is 13.1 Å². The third-order valence-corrected chi connectivity index (χ3v) is 6.31. The number of benzene rings is 2. The van der Waals surface area contributed by atoms with Crippen molar-refractivity contribution in [2.24, 2.45) is 5.73 Å². The number of aromatic nitrogens is 1. The van der Waals surface area contributed by atoms with Gasteiger partial charge >= 0.3 is 0 Å². The third kappa shape index (κ3) is 3.89. The van der Waals surface area contributed by atoms with Crippen LogP contribution in [0.3, 0.4) is 0 Å². The minimum atomic E-state index is -0.387. The zero-order chi connectivity index (χ0) is 18.8. The minimum absolute atomic E-state index is 0.387. The molecule has 1 aliphatic heterocycles. The molecule has 4 rings (SSSR count). The Bertz CT molecular complexity index is 954. The van der Waals surface area contributed by atoms with Gasteiger partial charge in [0.15, 0.2) is 0 Å². The largest absolute Gasteiger partial charge is 0.366 e. The number of rotatable bonds is 4. The van der Waals surface area contributed by atoms with Crippen LogP contribution in [-0.4, -0.2) is 24.0 Å². The Morgan fingerprint density at radius 2 is 1.93 bits per heavy atom. The van der Waals surface area contributed by atoms with E-state index in [1.54, 1.807) is 11.8 Å². The molecule has 1 unspecified atom stereocenters. The number of hydrogen-bond donors (Lipinski definition) is 3. The van der Waals surface area contributed by atoms with Crippen LogP contribution in [0.5, 0.6) is 0 Å². The first-order valence-electron chi connectivity index (χ1n) is 9.52. The second-order valence-electron chi connectivity index (χ2n) is 7.29. The SMILES string of the molecule is Cc1ccc(Sc2cc(C(N)=O)c3[nH]cc(C4CCCNCC4)c3c2)cc1. The fraction of sp³-hybridized carbons (Fsp3) is 0.318. The lowest BCUT2D eigenvalue weighted by Gasteiger charge is -2.14. The normalized spacial score (nSPS) is 17.7. The predicted octanol–water partition coefficient (Wildman–Crippen LogP) is 4.58. The number of fused-ring (bicyclic) bond motifs is 1.